The van der Waals surface area contributed by atoms with Gasteiger partial charge in [-0.25, -0.2) is 4.79 Å². The molecule has 102 valence electrons. The summed E-state index contributed by atoms with van der Waals surface area (Å²) in [7, 11) is 0. The Morgan fingerprint density at radius 1 is 1.42 bits per heavy atom. The average Bonchev–Trinajstić information content (AvgIpc) is 2.39. The van der Waals surface area contributed by atoms with E-state index in [-0.39, 0.29) is 0 Å². The van der Waals surface area contributed by atoms with Gasteiger partial charge >= 0.3 is 6.03 Å². The number of halogens is 1. The number of nitrogens with one attached hydrogen (secondary N) is 1. The number of alkyl halides is 1. The fourth-order valence-corrected chi connectivity index (χ4v) is 2.29. The largest absolute Gasteiger partial charge is 0.328 e. The summed E-state index contributed by atoms with van der Waals surface area (Å²) in [5.41, 5.74) is 2.00. The maximum Gasteiger partial charge on any atom is 0.328 e. The molecule has 1 heterocycles. The highest BCUT2D eigenvalue weighted by Crippen LogP contribution is 2.34. The molecule has 0 aliphatic carbocycles. The first kappa shape index (κ1) is 13.9. The Kier molecular flexibility index (Phi) is 4.10. The van der Waals surface area contributed by atoms with Crippen molar-refractivity contribution >= 4 is 29.2 Å². The normalized spacial score (nSPS) is 19.5. The molecule has 1 N–H and O–H groups in total. The number of para-hydroxylation sites is 1. The van der Waals surface area contributed by atoms with Crippen molar-refractivity contribution in [1.82, 2.24) is 5.32 Å². The minimum absolute atomic E-state index is 0.406. The molecule has 0 saturated carbocycles. The smallest absolute Gasteiger partial charge is 0.294 e. The van der Waals surface area contributed by atoms with Crippen LogP contribution < -0.4 is 10.2 Å². The third kappa shape index (κ3) is 2.89. The van der Waals surface area contributed by atoms with Crippen LogP contribution in [0.15, 0.2) is 24.3 Å². The van der Waals surface area contributed by atoms with E-state index in [1.807, 2.05) is 24.3 Å². The lowest BCUT2D eigenvalue weighted by Crippen LogP contribution is -2.47. The third-order valence-electron chi connectivity index (χ3n) is 3.38. The van der Waals surface area contributed by atoms with Crippen molar-refractivity contribution in [2.75, 3.05) is 11.4 Å². The number of imide groups is 1. The maximum absolute atomic E-state index is 12.1. The van der Waals surface area contributed by atoms with E-state index >= 15 is 0 Å². The van der Waals surface area contributed by atoms with E-state index in [1.165, 1.54) is 6.92 Å². The first-order chi connectivity index (χ1) is 9.00. The molecule has 0 aromatic heterocycles. The molecule has 2 unspecified atom stereocenters. The zero-order valence-corrected chi connectivity index (χ0v) is 11.8. The number of carbonyl (C=O) groups is 2. The van der Waals surface area contributed by atoms with Gasteiger partial charge in [0.2, 0.25) is 5.91 Å². The van der Waals surface area contributed by atoms with Crippen molar-refractivity contribution in [3.05, 3.63) is 29.8 Å². The van der Waals surface area contributed by atoms with Crippen LogP contribution in [-0.2, 0) is 4.79 Å². The second-order valence-electron chi connectivity index (χ2n) is 4.81. The van der Waals surface area contributed by atoms with Crippen LogP contribution in [0.1, 0.15) is 31.7 Å². The summed E-state index contributed by atoms with van der Waals surface area (Å²) in [5, 5.41) is 1.60. The molecule has 3 amide bonds. The molecule has 0 saturated heterocycles. The quantitative estimate of drug-likeness (QED) is 0.804. The zero-order valence-electron chi connectivity index (χ0n) is 11.0. The molecular formula is C14H17ClN2O2. The summed E-state index contributed by atoms with van der Waals surface area (Å²) in [5.74, 6) is -0.0503. The first-order valence-electron chi connectivity index (χ1n) is 6.36. The SMILES string of the molecule is CC(Cl)C(=O)NC(=O)N1CCC(C)c2ccccc21. The second kappa shape index (κ2) is 5.61. The van der Waals surface area contributed by atoms with E-state index in [1.54, 1.807) is 4.90 Å². The van der Waals surface area contributed by atoms with Crippen LogP contribution in [0.2, 0.25) is 0 Å². The summed E-state index contributed by atoms with van der Waals surface area (Å²) in [6.07, 6.45) is 0.884. The number of urea groups is 1. The number of hydrogen-bond acceptors (Lipinski definition) is 2. The average molecular weight is 281 g/mol. The van der Waals surface area contributed by atoms with E-state index in [0.717, 1.165) is 17.7 Å². The maximum atomic E-state index is 12.1. The van der Waals surface area contributed by atoms with Gasteiger partial charge in [0.25, 0.3) is 0 Å². The van der Waals surface area contributed by atoms with Gasteiger partial charge < -0.3 is 0 Å². The standard InChI is InChI=1S/C14H17ClN2O2/c1-9-7-8-17(12-6-4-3-5-11(9)12)14(19)16-13(18)10(2)15/h3-6,9-10H,7-8H2,1-2H3,(H,16,18,19). The van der Waals surface area contributed by atoms with Gasteiger partial charge in [0.1, 0.15) is 5.38 Å². The second-order valence-corrected chi connectivity index (χ2v) is 5.47. The monoisotopic (exact) mass is 280 g/mol. The van der Waals surface area contributed by atoms with E-state index in [4.69, 9.17) is 11.6 Å². The molecule has 2 rings (SSSR count). The number of anilines is 1. The van der Waals surface area contributed by atoms with Crippen molar-refractivity contribution in [1.29, 1.82) is 0 Å². The van der Waals surface area contributed by atoms with E-state index in [2.05, 4.69) is 12.2 Å². The van der Waals surface area contributed by atoms with Crippen LogP contribution in [-0.4, -0.2) is 23.9 Å². The first-order valence-corrected chi connectivity index (χ1v) is 6.79. The topological polar surface area (TPSA) is 49.4 Å². The highest BCUT2D eigenvalue weighted by atomic mass is 35.5. The number of rotatable bonds is 1. The number of nitrogens with zero attached hydrogens (tertiary/aromatic N) is 1. The molecule has 1 aromatic rings. The highest BCUT2D eigenvalue weighted by molar-refractivity contribution is 6.31. The van der Waals surface area contributed by atoms with Gasteiger partial charge in [0.15, 0.2) is 0 Å². The number of hydrogen-bond donors (Lipinski definition) is 1. The van der Waals surface area contributed by atoms with E-state index in [9.17, 15) is 9.59 Å². The number of benzene rings is 1. The minimum Gasteiger partial charge on any atom is -0.294 e. The van der Waals surface area contributed by atoms with Gasteiger partial charge in [-0.3, -0.25) is 15.0 Å². The predicted molar refractivity (Wildman–Crippen MR) is 75.7 cm³/mol. The highest BCUT2D eigenvalue weighted by Gasteiger charge is 2.27. The van der Waals surface area contributed by atoms with Crippen LogP contribution in [0, 0.1) is 0 Å². The molecule has 19 heavy (non-hydrogen) atoms. The predicted octanol–water partition coefficient (Wildman–Crippen LogP) is 2.86. The molecule has 0 spiro atoms. The molecule has 0 fully saturated rings. The van der Waals surface area contributed by atoms with Crippen LogP contribution in [0.4, 0.5) is 10.5 Å². The summed E-state index contributed by atoms with van der Waals surface area (Å²) >= 11 is 5.65. The van der Waals surface area contributed by atoms with Gasteiger partial charge in [-0.05, 0) is 30.9 Å². The van der Waals surface area contributed by atoms with Crippen molar-refractivity contribution in [2.45, 2.75) is 31.6 Å². The Morgan fingerprint density at radius 3 is 2.79 bits per heavy atom. The van der Waals surface area contributed by atoms with Crippen molar-refractivity contribution in [2.24, 2.45) is 0 Å². The molecule has 4 nitrogen and oxygen atoms in total. The molecule has 1 aromatic carbocycles. The van der Waals surface area contributed by atoms with Crippen LogP contribution in [0.5, 0.6) is 0 Å². The van der Waals surface area contributed by atoms with Crippen molar-refractivity contribution in [3.63, 3.8) is 0 Å². The third-order valence-corrected chi connectivity index (χ3v) is 3.58. The lowest BCUT2D eigenvalue weighted by Gasteiger charge is -2.32. The number of amides is 3. The molecule has 2 atom stereocenters. The Bertz CT molecular complexity index is 502. The Balaban J connectivity index is 2.20. The summed E-state index contributed by atoms with van der Waals surface area (Å²) in [6, 6.07) is 7.37. The number of carbonyl (C=O) groups excluding carboxylic acids is 2. The van der Waals surface area contributed by atoms with Gasteiger partial charge in [-0.15, -0.1) is 11.6 Å². The summed E-state index contributed by atoms with van der Waals surface area (Å²) in [4.78, 5) is 25.2. The number of fused-ring (bicyclic) bond motifs is 1. The zero-order chi connectivity index (χ0) is 14.0. The van der Waals surface area contributed by atoms with Crippen LogP contribution >= 0.6 is 11.6 Å². The van der Waals surface area contributed by atoms with E-state index in [0.29, 0.717) is 12.5 Å². The molecule has 0 bridgehead atoms. The summed E-state index contributed by atoms with van der Waals surface area (Å²) in [6.45, 7) is 4.28. The Morgan fingerprint density at radius 2 is 2.11 bits per heavy atom. The van der Waals surface area contributed by atoms with Crippen molar-refractivity contribution in [3.8, 4) is 0 Å². The molecule has 1 aliphatic heterocycles. The fraction of sp³-hybridized carbons (Fsp3) is 0.429. The van der Waals surface area contributed by atoms with Crippen LogP contribution in [0.3, 0.4) is 0 Å². The molecular weight excluding hydrogens is 264 g/mol. The van der Waals surface area contributed by atoms with Gasteiger partial charge in [-0.1, -0.05) is 25.1 Å². The minimum atomic E-state index is -0.720. The van der Waals surface area contributed by atoms with E-state index < -0.39 is 17.3 Å². The summed E-state index contributed by atoms with van der Waals surface area (Å²) < 4.78 is 0. The Hall–Kier alpha value is -1.55. The molecule has 5 heteroatoms. The lowest BCUT2D eigenvalue weighted by molar-refractivity contribution is -0.119. The van der Waals surface area contributed by atoms with Crippen molar-refractivity contribution < 1.29 is 9.59 Å². The molecule has 1 aliphatic rings. The van der Waals surface area contributed by atoms with Crippen LogP contribution in [0.25, 0.3) is 0 Å². The fourth-order valence-electron chi connectivity index (χ4n) is 2.23. The lowest BCUT2D eigenvalue weighted by atomic mass is 9.92. The van der Waals surface area contributed by atoms with Gasteiger partial charge in [0.05, 0.1) is 0 Å². The van der Waals surface area contributed by atoms with Gasteiger partial charge in [0, 0.05) is 12.2 Å². The van der Waals surface area contributed by atoms with Gasteiger partial charge in [-0.2, -0.15) is 0 Å². The molecule has 0 radical (unpaired) electrons. The Labute approximate surface area is 117 Å².